The van der Waals surface area contributed by atoms with Gasteiger partial charge in [0.2, 0.25) is 0 Å². The fourth-order valence-electron chi connectivity index (χ4n) is 3.59. The maximum atomic E-state index is 5.63. The lowest BCUT2D eigenvalue weighted by molar-refractivity contribution is 0.253. The normalized spacial score (nSPS) is 15.5. The van der Waals surface area contributed by atoms with Crippen molar-refractivity contribution in [3.8, 4) is 5.75 Å². The van der Waals surface area contributed by atoms with Crippen LogP contribution in [-0.2, 0) is 6.42 Å². The van der Waals surface area contributed by atoms with Gasteiger partial charge < -0.3 is 14.1 Å². The maximum Gasteiger partial charge on any atom is 0.179 e. The SMILES string of the molecule is COc1cncnc1N1CCN(CCCc2coc3ccccc23)CC1. The van der Waals surface area contributed by atoms with Gasteiger partial charge >= 0.3 is 0 Å². The third kappa shape index (κ3) is 3.51. The zero-order valence-corrected chi connectivity index (χ0v) is 15.1. The average molecular weight is 352 g/mol. The minimum Gasteiger partial charge on any atom is -0.491 e. The van der Waals surface area contributed by atoms with E-state index in [0.29, 0.717) is 0 Å². The Hall–Kier alpha value is -2.60. The van der Waals surface area contributed by atoms with E-state index in [1.165, 1.54) is 10.9 Å². The molecule has 136 valence electrons. The molecule has 1 fully saturated rings. The fourth-order valence-corrected chi connectivity index (χ4v) is 3.59. The van der Waals surface area contributed by atoms with Crippen LogP contribution in [0.3, 0.4) is 0 Å². The first-order chi connectivity index (χ1) is 12.8. The highest BCUT2D eigenvalue weighted by molar-refractivity contribution is 5.80. The molecular formula is C20H24N4O2. The minimum atomic E-state index is 0.743. The van der Waals surface area contributed by atoms with E-state index >= 15 is 0 Å². The van der Waals surface area contributed by atoms with Crippen molar-refractivity contribution in [3.63, 3.8) is 0 Å². The summed E-state index contributed by atoms with van der Waals surface area (Å²) >= 11 is 0. The predicted octanol–water partition coefficient (Wildman–Crippen LogP) is 2.99. The first kappa shape index (κ1) is 16.8. The van der Waals surface area contributed by atoms with Gasteiger partial charge in [0.25, 0.3) is 0 Å². The Balaban J connectivity index is 1.28. The van der Waals surface area contributed by atoms with Gasteiger partial charge in [0.15, 0.2) is 11.6 Å². The molecule has 0 saturated carbocycles. The van der Waals surface area contributed by atoms with Gasteiger partial charge in [-0.2, -0.15) is 0 Å². The van der Waals surface area contributed by atoms with Crippen molar-refractivity contribution < 1.29 is 9.15 Å². The van der Waals surface area contributed by atoms with Crippen molar-refractivity contribution in [1.82, 2.24) is 14.9 Å². The van der Waals surface area contributed by atoms with Crippen LogP contribution in [-0.4, -0.2) is 54.7 Å². The lowest BCUT2D eigenvalue weighted by atomic mass is 10.1. The Labute approximate surface area is 153 Å². The van der Waals surface area contributed by atoms with Gasteiger partial charge in [0.1, 0.15) is 11.9 Å². The number of ether oxygens (including phenoxy) is 1. The van der Waals surface area contributed by atoms with Crippen LogP contribution in [0.2, 0.25) is 0 Å². The molecule has 6 heteroatoms. The number of rotatable bonds is 6. The standard InChI is InChI=1S/C20H24N4O2/c1-25-19-13-21-15-22-20(19)24-11-9-23(10-12-24)8-4-5-16-14-26-18-7-3-2-6-17(16)18/h2-3,6-7,13-15H,4-5,8-12H2,1H3. The molecule has 0 aliphatic carbocycles. The molecule has 6 nitrogen and oxygen atoms in total. The van der Waals surface area contributed by atoms with Crippen LogP contribution in [0.5, 0.6) is 5.75 Å². The van der Waals surface area contributed by atoms with Crippen molar-refractivity contribution >= 4 is 16.8 Å². The van der Waals surface area contributed by atoms with Crippen LogP contribution in [0.4, 0.5) is 5.82 Å². The number of aromatic nitrogens is 2. The molecule has 0 radical (unpaired) electrons. The second-order valence-electron chi connectivity index (χ2n) is 6.60. The number of para-hydroxylation sites is 1. The van der Waals surface area contributed by atoms with E-state index in [0.717, 1.165) is 62.7 Å². The third-order valence-corrected chi connectivity index (χ3v) is 5.03. The summed E-state index contributed by atoms with van der Waals surface area (Å²) in [5.41, 5.74) is 2.29. The van der Waals surface area contributed by atoms with Gasteiger partial charge in [-0.1, -0.05) is 18.2 Å². The van der Waals surface area contributed by atoms with Gasteiger partial charge in [-0.15, -0.1) is 0 Å². The number of hydrogen-bond donors (Lipinski definition) is 0. The summed E-state index contributed by atoms with van der Waals surface area (Å²) in [6, 6.07) is 8.26. The molecule has 3 heterocycles. The summed E-state index contributed by atoms with van der Waals surface area (Å²) in [4.78, 5) is 13.2. The molecule has 2 aromatic heterocycles. The summed E-state index contributed by atoms with van der Waals surface area (Å²) in [6.07, 6.45) is 7.41. The summed E-state index contributed by atoms with van der Waals surface area (Å²) < 4.78 is 11.0. The summed E-state index contributed by atoms with van der Waals surface area (Å²) in [5, 5.41) is 1.24. The number of piperazine rings is 1. The summed E-state index contributed by atoms with van der Waals surface area (Å²) in [7, 11) is 1.66. The molecule has 0 N–H and O–H groups in total. The van der Waals surface area contributed by atoms with Crippen LogP contribution in [0.15, 0.2) is 47.5 Å². The molecule has 26 heavy (non-hydrogen) atoms. The summed E-state index contributed by atoms with van der Waals surface area (Å²) in [5.74, 6) is 1.64. The monoisotopic (exact) mass is 352 g/mol. The van der Waals surface area contributed by atoms with E-state index in [-0.39, 0.29) is 0 Å². The Bertz CT molecular complexity index is 856. The van der Waals surface area contributed by atoms with Crippen molar-refractivity contribution in [3.05, 3.63) is 48.6 Å². The molecule has 0 bridgehead atoms. The number of aryl methyl sites for hydroxylation is 1. The molecule has 1 aromatic carbocycles. The highest BCUT2D eigenvalue weighted by Crippen LogP contribution is 2.25. The Kier molecular flexibility index (Phi) is 5.02. The Morgan fingerprint density at radius 1 is 1.15 bits per heavy atom. The van der Waals surface area contributed by atoms with Crippen molar-refractivity contribution in [1.29, 1.82) is 0 Å². The third-order valence-electron chi connectivity index (χ3n) is 5.03. The molecular weight excluding hydrogens is 328 g/mol. The molecule has 0 amide bonds. The van der Waals surface area contributed by atoms with E-state index < -0.39 is 0 Å². The molecule has 1 aliphatic rings. The zero-order valence-electron chi connectivity index (χ0n) is 15.1. The number of nitrogens with zero attached hydrogens (tertiary/aromatic N) is 4. The van der Waals surface area contributed by atoms with Gasteiger partial charge in [-0.05, 0) is 31.0 Å². The van der Waals surface area contributed by atoms with E-state index in [4.69, 9.17) is 9.15 Å². The second-order valence-corrected chi connectivity index (χ2v) is 6.60. The zero-order chi connectivity index (χ0) is 17.8. The molecule has 3 aromatic rings. The fraction of sp³-hybridized carbons (Fsp3) is 0.400. The van der Waals surface area contributed by atoms with Crippen LogP contribution >= 0.6 is 0 Å². The van der Waals surface area contributed by atoms with Gasteiger partial charge in [0.05, 0.1) is 19.6 Å². The van der Waals surface area contributed by atoms with Gasteiger partial charge in [-0.25, -0.2) is 9.97 Å². The molecule has 0 spiro atoms. The topological polar surface area (TPSA) is 54.6 Å². The highest BCUT2D eigenvalue weighted by Gasteiger charge is 2.20. The molecule has 1 saturated heterocycles. The number of benzene rings is 1. The van der Waals surface area contributed by atoms with Crippen molar-refractivity contribution in [2.24, 2.45) is 0 Å². The number of anilines is 1. The number of hydrogen-bond acceptors (Lipinski definition) is 6. The van der Waals surface area contributed by atoms with Crippen molar-refractivity contribution in [2.75, 3.05) is 44.7 Å². The lowest BCUT2D eigenvalue weighted by Crippen LogP contribution is -2.47. The number of fused-ring (bicyclic) bond motifs is 1. The summed E-state index contributed by atoms with van der Waals surface area (Å²) in [6.45, 7) is 5.11. The van der Waals surface area contributed by atoms with E-state index in [1.807, 2.05) is 18.4 Å². The van der Waals surface area contributed by atoms with Crippen LogP contribution in [0, 0.1) is 0 Å². The average Bonchev–Trinajstić information content (AvgIpc) is 3.12. The minimum absolute atomic E-state index is 0.743. The molecule has 0 atom stereocenters. The maximum absolute atomic E-state index is 5.63. The second kappa shape index (κ2) is 7.74. The lowest BCUT2D eigenvalue weighted by Gasteiger charge is -2.35. The highest BCUT2D eigenvalue weighted by atomic mass is 16.5. The first-order valence-electron chi connectivity index (χ1n) is 9.11. The Morgan fingerprint density at radius 3 is 2.85 bits per heavy atom. The van der Waals surface area contributed by atoms with Crippen LogP contribution < -0.4 is 9.64 Å². The van der Waals surface area contributed by atoms with E-state index in [2.05, 4.69) is 31.9 Å². The first-order valence-corrected chi connectivity index (χ1v) is 9.11. The van der Waals surface area contributed by atoms with E-state index in [9.17, 15) is 0 Å². The van der Waals surface area contributed by atoms with Gasteiger partial charge in [0, 0.05) is 31.6 Å². The number of methoxy groups -OCH3 is 1. The predicted molar refractivity (Wildman–Crippen MR) is 102 cm³/mol. The van der Waals surface area contributed by atoms with Crippen molar-refractivity contribution in [2.45, 2.75) is 12.8 Å². The smallest absolute Gasteiger partial charge is 0.179 e. The Morgan fingerprint density at radius 2 is 2.00 bits per heavy atom. The number of furan rings is 1. The molecule has 1 aliphatic heterocycles. The quantitative estimate of drug-likeness (QED) is 0.680. The van der Waals surface area contributed by atoms with Crippen LogP contribution in [0.25, 0.3) is 11.0 Å². The van der Waals surface area contributed by atoms with Gasteiger partial charge in [-0.3, -0.25) is 4.90 Å². The molecule has 0 unspecified atom stereocenters. The molecule has 4 rings (SSSR count). The van der Waals surface area contributed by atoms with E-state index in [1.54, 1.807) is 19.6 Å². The largest absolute Gasteiger partial charge is 0.491 e. The van der Waals surface area contributed by atoms with Crippen LogP contribution in [0.1, 0.15) is 12.0 Å².